The van der Waals surface area contributed by atoms with Crippen molar-refractivity contribution in [3.8, 4) is 5.75 Å². The largest absolute Gasteiger partial charge is 0.488 e. The molecule has 2 N–H and O–H groups in total. The lowest BCUT2D eigenvalue weighted by Gasteiger charge is -2.13. The minimum absolute atomic E-state index is 0.117. The summed E-state index contributed by atoms with van der Waals surface area (Å²) in [7, 11) is 0. The number of ether oxygens (including phenoxy) is 1. The molecule has 0 radical (unpaired) electrons. The number of hydrogen-bond acceptors (Lipinski definition) is 4. The van der Waals surface area contributed by atoms with Crippen molar-refractivity contribution in [2.75, 3.05) is 11.9 Å². The van der Waals surface area contributed by atoms with Crippen LogP contribution in [-0.2, 0) is 22.6 Å². The number of urea groups is 1. The van der Waals surface area contributed by atoms with E-state index in [4.69, 9.17) is 4.74 Å². The van der Waals surface area contributed by atoms with E-state index in [1.165, 1.54) is 5.56 Å². The van der Waals surface area contributed by atoms with Gasteiger partial charge in [0.2, 0.25) is 5.91 Å². The highest BCUT2D eigenvalue weighted by molar-refractivity contribution is 14.1. The van der Waals surface area contributed by atoms with Gasteiger partial charge in [-0.3, -0.25) is 9.59 Å². The van der Waals surface area contributed by atoms with Gasteiger partial charge >= 0.3 is 6.03 Å². The maximum absolute atomic E-state index is 12.8. The van der Waals surface area contributed by atoms with Gasteiger partial charge in [0, 0.05) is 5.69 Å². The van der Waals surface area contributed by atoms with Crippen molar-refractivity contribution in [3.63, 3.8) is 0 Å². The van der Waals surface area contributed by atoms with Crippen LogP contribution in [0.15, 0.2) is 72.4 Å². The summed E-state index contributed by atoms with van der Waals surface area (Å²) in [5.74, 6) is -0.260. The fourth-order valence-electron chi connectivity index (χ4n) is 3.74. The molecule has 1 heterocycles. The fraction of sp³-hybridized carbons (Fsp3) is 0.179. The number of rotatable bonds is 8. The summed E-state index contributed by atoms with van der Waals surface area (Å²) in [4.78, 5) is 38.7. The number of benzene rings is 3. The zero-order valence-electron chi connectivity index (χ0n) is 20.0. The molecular weight excluding hydrogens is 569 g/mol. The van der Waals surface area contributed by atoms with Gasteiger partial charge < -0.3 is 15.4 Å². The van der Waals surface area contributed by atoms with Crippen LogP contribution in [-0.4, -0.2) is 29.3 Å². The molecule has 1 fully saturated rings. The smallest absolute Gasteiger partial charge is 0.329 e. The van der Waals surface area contributed by atoms with Gasteiger partial charge in [-0.15, -0.1) is 0 Å². The summed E-state index contributed by atoms with van der Waals surface area (Å²) < 4.78 is 6.81. The van der Waals surface area contributed by atoms with Gasteiger partial charge in [0.25, 0.3) is 5.91 Å². The molecule has 0 bridgehead atoms. The van der Waals surface area contributed by atoms with Gasteiger partial charge in [-0.05, 0) is 76.9 Å². The molecule has 184 valence electrons. The quantitative estimate of drug-likeness (QED) is 0.211. The van der Waals surface area contributed by atoms with Gasteiger partial charge in [0.05, 0.1) is 3.57 Å². The van der Waals surface area contributed by atoms with E-state index in [0.29, 0.717) is 12.3 Å². The molecule has 4 rings (SSSR count). The molecule has 0 aromatic heterocycles. The third-order valence-corrected chi connectivity index (χ3v) is 6.56. The van der Waals surface area contributed by atoms with Crippen molar-refractivity contribution < 1.29 is 19.1 Å². The molecule has 1 aliphatic rings. The van der Waals surface area contributed by atoms with Gasteiger partial charge in [-0.25, -0.2) is 9.69 Å². The number of hydrogen-bond donors (Lipinski definition) is 2. The average Bonchev–Trinajstić information content (AvgIpc) is 3.12. The van der Waals surface area contributed by atoms with Crippen LogP contribution < -0.4 is 15.4 Å². The average molecular weight is 595 g/mol. The van der Waals surface area contributed by atoms with Crippen molar-refractivity contribution in [2.45, 2.75) is 26.9 Å². The predicted octanol–water partition coefficient (Wildman–Crippen LogP) is 5.27. The molecule has 0 unspecified atom stereocenters. The number of nitrogens with one attached hydrogen (secondary N) is 2. The Kier molecular flexibility index (Phi) is 8.04. The van der Waals surface area contributed by atoms with Crippen molar-refractivity contribution in [2.24, 2.45) is 0 Å². The van der Waals surface area contributed by atoms with Crippen LogP contribution in [0.25, 0.3) is 6.08 Å². The molecule has 0 spiro atoms. The van der Waals surface area contributed by atoms with Crippen LogP contribution >= 0.6 is 22.6 Å². The van der Waals surface area contributed by atoms with E-state index >= 15 is 0 Å². The second kappa shape index (κ2) is 11.4. The van der Waals surface area contributed by atoms with Crippen LogP contribution in [0.2, 0.25) is 0 Å². The van der Waals surface area contributed by atoms with Crippen LogP contribution in [0.3, 0.4) is 0 Å². The monoisotopic (exact) mass is 595 g/mol. The predicted molar refractivity (Wildman–Crippen MR) is 147 cm³/mol. The molecular formula is C28H26IN3O4. The van der Waals surface area contributed by atoms with E-state index in [2.05, 4.69) is 33.2 Å². The zero-order valence-corrected chi connectivity index (χ0v) is 22.2. The SMILES string of the molecule is CCc1ccccc1NC(=O)CN1C(=O)N/C(=C/c2ccc(OCc3ccc(C)cc3)c(I)c2)C1=O. The van der Waals surface area contributed by atoms with E-state index < -0.39 is 17.8 Å². The second-order valence-corrected chi connectivity index (χ2v) is 9.56. The molecule has 1 saturated heterocycles. The van der Waals surface area contributed by atoms with Crippen molar-refractivity contribution in [3.05, 3.63) is 98.3 Å². The fourth-order valence-corrected chi connectivity index (χ4v) is 4.43. The van der Waals surface area contributed by atoms with E-state index in [1.54, 1.807) is 12.1 Å². The number of imide groups is 1. The standard InChI is InChI=1S/C28H26IN3O4/c1-3-21-6-4-5-7-23(21)30-26(33)16-32-27(34)24(31-28(32)35)15-20-12-13-25(22(29)14-20)36-17-19-10-8-18(2)9-11-19/h4-15H,3,16-17H2,1-2H3,(H,30,33)(H,31,35)/b24-15+. The lowest BCUT2D eigenvalue weighted by molar-refractivity contribution is -0.127. The number of carbonyl (C=O) groups is 3. The molecule has 0 atom stereocenters. The normalized spacial score (nSPS) is 14.2. The highest BCUT2D eigenvalue weighted by atomic mass is 127. The first-order valence-corrected chi connectivity index (χ1v) is 12.6. The maximum atomic E-state index is 12.8. The number of aryl methyl sites for hydroxylation is 2. The summed E-state index contributed by atoms with van der Waals surface area (Å²) in [5, 5.41) is 5.35. The Balaban J connectivity index is 1.40. The van der Waals surface area contributed by atoms with E-state index in [-0.39, 0.29) is 12.2 Å². The Morgan fingerprint density at radius 2 is 1.83 bits per heavy atom. The summed E-state index contributed by atoms with van der Waals surface area (Å²) in [6, 6.07) is 20.5. The minimum atomic E-state index is -0.627. The maximum Gasteiger partial charge on any atom is 0.329 e. The van der Waals surface area contributed by atoms with Crippen LogP contribution in [0.4, 0.5) is 10.5 Å². The van der Waals surface area contributed by atoms with Crippen molar-refractivity contribution in [1.82, 2.24) is 10.2 Å². The highest BCUT2D eigenvalue weighted by Crippen LogP contribution is 2.25. The van der Waals surface area contributed by atoms with Gasteiger partial charge in [0.1, 0.15) is 24.6 Å². The molecule has 3 aromatic carbocycles. The Morgan fingerprint density at radius 3 is 2.56 bits per heavy atom. The molecule has 1 aliphatic heterocycles. The Labute approximate surface area is 223 Å². The topological polar surface area (TPSA) is 87.7 Å². The lowest BCUT2D eigenvalue weighted by atomic mass is 10.1. The third-order valence-electron chi connectivity index (χ3n) is 5.72. The number of halogens is 1. The molecule has 0 saturated carbocycles. The highest BCUT2D eigenvalue weighted by Gasteiger charge is 2.35. The third kappa shape index (κ3) is 6.12. The Hall–Kier alpha value is -3.66. The number of amides is 4. The summed E-state index contributed by atoms with van der Waals surface area (Å²) in [6.45, 7) is 4.11. The number of carbonyl (C=O) groups excluding carboxylic acids is 3. The van der Waals surface area contributed by atoms with Gasteiger partial charge in [-0.2, -0.15) is 0 Å². The number of anilines is 1. The van der Waals surface area contributed by atoms with Crippen molar-refractivity contribution in [1.29, 1.82) is 0 Å². The molecule has 0 aliphatic carbocycles. The lowest BCUT2D eigenvalue weighted by Crippen LogP contribution is -2.38. The Morgan fingerprint density at radius 1 is 1.08 bits per heavy atom. The first-order valence-electron chi connectivity index (χ1n) is 11.5. The van der Waals surface area contributed by atoms with E-state index in [9.17, 15) is 14.4 Å². The Bertz CT molecular complexity index is 1330. The minimum Gasteiger partial charge on any atom is -0.488 e. The molecule has 7 nitrogen and oxygen atoms in total. The van der Waals surface area contributed by atoms with Crippen LogP contribution in [0.5, 0.6) is 5.75 Å². The second-order valence-electron chi connectivity index (χ2n) is 8.40. The van der Waals surface area contributed by atoms with Crippen molar-refractivity contribution >= 4 is 52.2 Å². The van der Waals surface area contributed by atoms with Gasteiger partial charge in [-0.1, -0.05) is 61.0 Å². The summed E-state index contributed by atoms with van der Waals surface area (Å²) in [5.41, 5.74) is 4.76. The van der Waals surface area contributed by atoms with Gasteiger partial charge in [0.15, 0.2) is 0 Å². The van der Waals surface area contributed by atoms with Crippen LogP contribution in [0, 0.1) is 10.5 Å². The van der Waals surface area contributed by atoms with E-state index in [1.807, 2.05) is 74.5 Å². The molecule has 4 amide bonds. The zero-order chi connectivity index (χ0) is 25.7. The molecule has 8 heteroatoms. The summed E-state index contributed by atoms with van der Waals surface area (Å²) in [6.07, 6.45) is 2.34. The first kappa shape index (κ1) is 25.4. The first-order chi connectivity index (χ1) is 17.3. The summed E-state index contributed by atoms with van der Waals surface area (Å²) >= 11 is 2.18. The van der Waals surface area contributed by atoms with Crippen LogP contribution in [0.1, 0.15) is 29.2 Å². The number of nitrogens with zero attached hydrogens (tertiary/aromatic N) is 1. The number of para-hydroxylation sites is 1. The van der Waals surface area contributed by atoms with E-state index in [0.717, 1.165) is 37.3 Å². The molecule has 3 aromatic rings. The molecule has 36 heavy (non-hydrogen) atoms.